The van der Waals surface area contributed by atoms with Crippen molar-refractivity contribution in [3.63, 3.8) is 0 Å². The zero-order valence-electron chi connectivity index (χ0n) is 13.4. The predicted molar refractivity (Wildman–Crippen MR) is 89.1 cm³/mol. The van der Waals surface area contributed by atoms with Crippen LogP contribution in [0.15, 0.2) is 39.8 Å². The monoisotopic (exact) mass is 331 g/mol. The summed E-state index contributed by atoms with van der Waals surface area (Å²) in [4.78, 5) is 18.3. The number of hydrogen-bond donors (Lipinski definition) is 1. The fourth-order valence-corrected chi connectivity index (χ4v) is 4.30. The molecule has 3 rings (SSSR count). The number of benzene rings is 1. The molecular weight excluding hydrogens is 310 g/mol. The van der Waals surface area contributed by atoms with Crippen molar-refractivity contribution in [3.05, 3.63) is 42.0 Å². The summed E-state index contributed by atoms with van der Waals surface area (Å²) in [5.74, 6) is 1.09. The molecular formula is C17H21N3O2S. The summed E-state index contributed by atoms with van der Waals surface area (Å²) in [6, 6.07) is 9.84. The second kappa shape index (κ2) is 6.74. The lowest BCUT2D eigenvalue weighted by molar-refractivity contribution is -0.124. The minimum atomic E-state index is -0.398. The van der Waals surface area contributed by atoms with Crippen molar-refractivity contribution in [1.29, 1.82) is 0 Å². The zero-order chi connectivity index (χ0) is 16.3. The maximum absolute atomic E-state index is 12.9. The van der Waals surface area contributed by atoms with Crippen molar-refractivity contribution in [3.8, 4) is 0 Å². The molecule has 0 spiro atoms. The number of carbonyl (C=O) groups is 1. The lowest BCUT2D eigenvalue weighted by Gasteiger charge is -2.28. The minimum absolute atomic E-state index is 0.0622. The SMILES string of the molecule is Cc1noc([C@@H](C)NC(=O)C2(Sc3ccccc3)CCCC2)n1. The first-order valence-corrected chi connectivity index (χ1v) is 8.76. The number of aryl methyl sites for hydroxylation is 1. The summed E-state index contributed by atoms with van der Waals surface area (Å²) >= 11 is 1.67. The van der Waals surface area contributed by atoms with Crippen LogP contribution >= 0.6 is 11.8 Å². The molecule has 1 N–H and O–H groups in total. The number of aromatic nitrogens is 2. The Hall–Kier alpha value is -1.82. The molecule has 1 saturated carbocycles. The standard InChI is InChI=1S/C17H21N3O2S/c1-12(15-19-13(2)20-22-15)18-16(21)17(10-6-7-11-17)23-14-8-4-3-5-9-14/h3-5,8-9,12H,6-7,10-11H2,1-2H3,(H,18,21)/t12-/m1/s1. The van der Waals surface area contributed by atoms with Crippen LogP contribution in [0.3, 0.4) is 0 Å². The van der Waals surface area contributed by atoms with E-state index in [1.807, 2.05) is 25.1 Å². The van der Waals surface area contributed by atoms with E-state index in [2.05, 4.69) is 27.6 Å². The van der Waals surface area contributed by atoms with E-state index in [9.17, 15) is 4.79 Å². The van der Waals surface area contributed by atoms with Crippen LogP contribution in [0.5, 0.6) is 0 Å². The van der Waals surface area contributed by atoms with Crippen molar-refractivity contribution in [1.82, 2.24) is 15.5 Å². The van der Waals surface area contributed by atoms with E-state index >= 15 is 0 Å². The molecule has 0 saturated heterocycles. The van der Waals surface area contributed by atoms with Crippen LogP contribution in [0.25, 0.3) is 0 Å². The quantitative estimate of drug-likeness (QED) is 0.905. The van der Waals surface area contributed by atoms with E-state index in [1.165, 1.54) is 0 Å². The molecule has 0 aliphatic heterocycles. The normalized spacial score (nSPS) is 17.8. The van der Waals surface area contributed by atoms with Crippen molar-refractivity contribution < 1.29 is 9.32 Å². The maximum Gasteiger partial charge on any atom is 0.248 e. The van der Waals surface area contributed by atoms with Crippen LogP contribution in [0.2, 0.25) is 0 Å². The third-order valence-corrected chi connectivity index (χ3v) is 5.64. The van der Waals surface area contributed by atoms with Gasteiger partial charge in [-0.1, -0.05) is 36.2 Å². The van der Waals surface area contributed by atoms with Crippen molar-refractivity contribution >= 4 is 17.7 Å². The number of amides is 1. The van der Waals surface area contributed by atoms with Gasteiger partial charge in [-0.3, -0.25) is 4.79 Å². The highest BCUT2D eigenvalue weighted by atomic mass is 32.2. The number of carbonyl (C=O) groups excluding carboxylic acids is 1. The highest BCUT2D eigenvalue weighted by molar-refractivity contribution is 8.01. The van der Waals surface area contributed by atoms with Gasteiger partial charge < -0.3 is 9.84 Å². The van der Waals surface area contributed by atoms with Gasteiger partial charge in [-0.15, -0.1) is 11.8 Å². The predicted octanol–water partition coefficient (Wildman–Crippen LogP) is 3.66. The van der Waals surface area contributed by atoms with Crippen LogP contribution in [0.1, 0.15) is 50.4 Å². The van der Waals surface area contributed by atoms with Gasteiger partial charge in [-0.05, 0) is 38.8 Å². The molecule has 1 aromatic heterocycles. The fourth-order valence-electron chi connectivity index (χ4n) is 2.91. The number of nitrogens with one attached hydrogen (secondary N) is 1. The third kappa shape index (κ3) is 3.58. The molecule has 1 fully saturated rings. The number of rotatable bonds is 5. The largest absolute Gasteiger partial charge is 0.343 e. The first-order valence-electron chi connectivity index (χ1n) is 7.94. The molecule has 1 amide bonds. The average molecular weight is 331 g/mol. The summed E-state index contributed by atoms with van der Waals surface area (Å²) in [5.41, 5.74) is 0. The molecule has 0 unspecified atom stereocenters. The van der Waals surface area contributed by atoms with Crippen LogP contribution in [0, 0.1) is 6.92 Å². The van der Waals surface area contributed by atoms with Gasteiger partial charge in [-0.25, -0.2) is 0 Å². The van der Waals surface area contributed by atoms with E-state index in [-0.39, 0.29) is 11.9 Å². The summed E-state index contributed by atoms with van der Waals surface area (Å²) in [7, 11) is 0. The smallest absolute Gasteiger partial charge is 0.248 e. The average Bonchev–Trinajstić information content (AvgIpc) is 3.18. The summed E-state index contributed by atoms with van der Waals surface area (Å²) in [5, 5.41) is 6.84. The van der Waals surface area contributed by atoms with Gasteiger partial charge in [0.25, 0.3) is 0 Å². The molecule has 1 heterocycles. The number of nitrogens with zero attached hydrogens (tertiary/aromatic N) is 2. The Balaban J connectivity index is 1.74. The molecule has 2 aromatic rings. The van der Waals surface area contributed by atoms with Crippen LogP contribution < -0.4 is 5.32 Å². The Kier molecular flexibility index (Phi) is 4.71. The summed E-state index contributed by atoms with van der Waals surface area (Å²) < 4.78 is 4.76. The fraction of sp³-hybridized carbons (Fsp3) is 0.471. The van der Waals surface area contributed by atoms with Gasteiger partial charge >= 0.3 is 0 Å². The molecule has 0 radical (unpaired) electrons. The molecule has 1 atom stereocenters. The van der Waals surface area contributed by atoms with Crippen LogP contribution in [-0.4, -0.2) is 20.8 Å². The zero-order valence-corrected chi connectivity index (χ0v) is 14.2. The highest BCUT2D eigenvalue weighted by Crippen LogP contribution is 2.45. The molecule has 6 heteroatoms. The Morgan fingerprint density at radius 2 is 2.00 bits per heavy atom. The Morgan fingerprint density at radius 3 is 2.61 bits per heavy atom. The van der Waals surface area contributed by atoms with Gasteiger partial charge in [0.2, 0.25) is 11.8 Å². The van der Waals surface area contributed by atoms with Crippen LogP contribution in [-0.2, 0) is 4.79 Å². The molecule has 23 heavy (non-hydrogen) atoms. The van der Waals surface area contributed by atoms with Gasteiger partial charge in [0, 0.05) is 4.90 Å². The third-order valence-electron chi connectivity index (χ3n) is 4.14. The molecule has 0 bridgehead atoms. The summed E-state index contributed by atoms with van der Waals surface area (Å²) in [6.45, 7) is 3.64. The minimum Gasteiger partial charge on any atom is -0.343 e. The first-order chi connectivity index (χ1) is 11.1. The molecule has 1 aromatic carbocycles. The van der Waals surface area contributed by atoms with E-state index in [4.69, 9.17) is 4.52 Å². The van der Waals surface area contributed by atoms with Crippen molar-refractivity contribution in [2.45, 2.75) is 55.2 Å². The Bertz CT molecular complexity index is 665. The van der Waals surface area contributed by atoms with Crippen molar-refractivity contribution in [2.75, 3.05) is 0 Å². The molecule has 122 valence electrons. The van der Waals surface area contributed by atoms with E-state index in [1.54, 1.807) is 18.7 Å². The Labute approximate surface area is 140 Å². The van der Waals surface area contributed by atoms with Gasteiger partial charge in [0.15, 0.2) is 5.82 Å². The Morgan fingerprint density at radius 1 is 1.30 bits per heavy atom. The van der Waals surface area contributed by atoms with Gasteiger partial charge in [-0.2, -0.15) is 4.98 Å². The lowest BCUT2D eigenvalue weighted by atomic mass is 10.1. The topological polar surface area (TPSA) is 68.0 Å². The van der Waals surface area contributed by atoms with E-state index in [0.717, 1.165) is 30.6 Å². The molecule has 5 nitrogen and oxygen atoms in total. The van der Waals surface area contributed by atoms with E-state index < -0.39 is 4.75 Å². The molecule has 1 aliphatic rings. The second-order valence-electron chi connectivity index (χ2n) is 5.99. The maximum atomic E-state index is 12.9. The highest BCUT2D eigenvalue weighted by Gasteiger charge is 2.42. The van der Waals surface area contributed by atoms with Gasteiger partial charge in [0.05, 0.1) is 4.75 Å². The van der Waals surface area contributed by atoms with E-state index in [0.29, 0.717) is 11.7 Å². The second-order valence-corrected chi connectivity index (χ2v) is 7.45. The van der Waals surface area contributed by atoms with Crippen LogP contribution in [0.4, 0.5) is 0 Å². The number of thioether (sulfide) groups is 1. The lowest BCUT2D eigenvalue weighted by Crippen LogP contribution is -2.43. The summed E-state index contributed by atoms with van der Waals surface area (Å²) in [6.07, 6.45) is 3.96. The first kappa shape index (κ1) is 16.1. The van der Waals surface area contributed by atoms with Gasteiger partial charge in [0.1, 0.15) is 6.04 Å². The molecule has 1 aliphatic carbocycles. The number of hydrogen-bond acceptors (Lipinski definition) is 5. The van der Waals surface area contributed by atoms with Crippen molar-refractivity contribution in [2.24, 2.45) is 0 Å².